The molecule has 0 bridgehead atoms. The average molecular weight is 229 g/mol. The molecule has 0 aliphatic carbocycles. The molecule has 0 fully saturated rings. The molecule has 2 rings (SSSR count). The second-order valence-corrected chi connectivity index (χ2v) is 4.58. The van der Waals surface area contributed by atoms with E-state index in [-0.39, 0.29) is 11.5 Å². The van der Waals surface area contributed by atoms with Crippen molar-refractivity contribution in [2.45, 2.75) is 0 Å². The lowest BCUT2D eigenvalue weighted by Crippen LogP contribution is -2.11. The summed E-state index contributed by atoms with van der Waals surface area (Å²) in [4.78, 5) is 0. The van der Waals surface area contributed by atoms with E-state index in [0.29, 0.717) is 8.46 Å². The highest BCUT2D eigenvalue weighted by Gasteiger charge is 1.98. The van der Waals surface area contributed by atoms with Gasteiger partial charge >= 0.3 is 0 Å². The van der Waals surface area contributed by atoms with Crippen molar-refractivity contribution in [2.75, 3.05) is 0 Å². The lowest BCUT2D eigenvalue weighted by atomic mass is 9.95. The van der Waals surface area contributed by atoms with Crippen molar-refractivity contribution in [1.82, 2.24) is 0 Å². The number of benzene rings is 2. The van der Waals surface area contributed by atoms with Crippen molar-refractivity contribution in [3.63, 3.8) is 0 Å². The molecular weight excluding hydrogens is 218 g/mol. The topological polar surface area (TPSA) is 40.5 Å². The summed E-state index contributed by atoms with van der Waals surface area (Å²) in [5, 5.41) is 19.4. The molecule has 2 aromatic carbocycles. The largest absolute Gasteiger partial charge is 0.508 e. The van der Waals surface area contributed by atoms with Gasteiger partial charge < -0.3 is 10.2 Å². The van der Waals surface area contributed by atoms with Crippen LogP contribution in [0.3, 0.4) is 0 Å². The molecule has 0 spiro atoms. The van der Waals surface area contributed by atoms with Crippen molar-refractivity contribution in [3.8, 4) is 11.5 Å². The highest BCUT2D eigenvalue weighted by Crippen LogP contribution is 2.12. The van der Waals surface area contributed by atoms with Gasteiger partial charge in [-0.15, -0.1) is 8.46 Å². The normalized spacial score (nSPS) is 10.8. The Hall–Kier alpha value is -1.47. The minimum absolute atomic E-state index is 0.283. The zero-order valence-corrected chi connectivity index (χ0v) is 9.59. The van der Waals surface area contributed by atoms with Crippen molar-refractivity contribution >= 4 is 26.2 Å². The van der Waals surface area contributed by atoms with Crippen LogP contribution in [0.4, 0.5) is 0 Å². The maximum Gasteiger partial charge on any atom is 0.188 e. The van der Waals surface area contributed by atoms with E-state index < -0.39 is 0 Å². The molecule has 0 heterocycles. The van der Waals surface area contributed by atoms with Gasteiger partial charge in [-0.3, -0.25) is 0 Å². The summed E-state index contributed by atoms with van der Waals surface area (Å²) >= 11 is 0. The maximum atomic E-state index is 9.14. The van der Waals surface area contributed by atoms with Gasteiger partial charge in [0.05, 0.1) is 0 Å². The molecule has 0 saturated heterocycles. The molecule has 2 N–H and O–H groups in total. The highest BCUT2D eigenvalue weighted by atomic mass is 31.1. The van der Waals surface area contributed by atoms with Crippen molar-refractivity contribution in [1.29, 1.82) is 0 Å². The first-order valence-corrected chi connectivity index (χ1v) is 5.99. The molecule has 16 heavy (non-hydrogen) atoms. The molecule has 2 aromatic rings. The Morgan fingerprint density at radius 3 is 1.81 bits per heavy atom. The minimum Gasteiger partial charge on any atom is -0.508 e. The molecule has 1 atom stereocenters. The number of aromatic hydroxyl groups is 2. The summed E-state index contributed by atoms with van der Waals surface area (Å²) in [6.07, 6.45) is 0. The molecule has 0 aliphatic heterocycles. The number of hydrogen-bond acceptors (Lipinski definition) is 2. The minimum atomic E-state index is 0.283. The smallest absolute Gasteiger partial charge is 0.188 e. The van der Waals surface area contributed by atoms with Gasteiger partial charge in [-0.05, 0) is 29.6 Å². The van der Waals surface area contributed by atoms with E-state index in [4.69, 9.17) is 10.2 Å². The number of phenols is 2. The Morgan fingerprint density at radius 1 is 0.750 bits per heavy atom. The van der Waals surface area contributed by atoms with Crippen LogP contribution >= 0.6 is 8.46 Å². The van der Waals surface area contributed by atoms with Crippen molar-refractivity contribution in [3.05, 3.63) is 48.5 Å². The Balaban J connectivity index is 1.97. The second kappa shape index (κ2) is 5.04. The summed E-state index contributed by atoms with van der Waals surface area (Å²) in [7, 11) is 0.557. The monoisotopic (exact) mass is 229 g/mol. The van der Waals surface area contributed by atoms with Crippen LogP contribution in [-0.2, 0) is 0 Å². The predicted molar refractivity (Wildman–Crippen MR) is 69.6 cm³/mol. The highest BCUT2D eigenvalue weighted by molar-refractivity contribution is 7.79. The van der Waals surface area contributed by atoms with Gasteiger partial charge in [0.15, 0.2) is 7.00 Å². The summed E-state index contributed by atoms with van der Waals surface area (Å²) in [6.45, 7) is 2.10. The Morgan fingerprint density at radius 2 is 1.25 bits per heavy atom. The molecule has 1 radical (unpaired) electrons. The third-order valence-electron chi connectivity index (χ3n) is 2.17. The third kappa shape index (κ3) is 3.01. The summed E-state index contributed by atoms with van der Waals surface area (Å²) < 4.78 is 0. The average Bonchev–Trinajstić information content (AvgIpc) is 2.30. The lowest BCUT2D eigenvalue weighted by molar-refractivity contribution is 0.475. The Kier molecular flexibility index (Phi) is 3.48. The zero-order valence-electron chi connectivity index (χ0n) is 8.59. The molecule has 79 valence electrons. The standard InChI is InChI=1S/C12H11BO2P/c14-10-3-1-9(2-4-10)13-16-12-7-5-11(15)6-8-12/h1-8,14-16H. The first-order valence-electron chi connectivity index (χ1n) is 4.92. The van der Waals surface area contributed by atoms with Gasteiger partial charge in [0, 0.05) is 0 Å². The van der Waals surface area contributed by atoms with E-state index >= 15 is 0 Å². The third-order valence-corrected chi connectivity index (χ3v) is 3.31. The molecule has 4 heteroatoms. The van der Waals surface area contributed by atoms with Crippen LogP contribution in [0.2, 0.25) is 0 Å². The fraction of sp³-hybridized carbons (Fsp3) is 0. The first-order chi connectivity index (χ1) is 7.74. The van der Waals surface area contributed by atoms with Gasteiger partial charge in [0.2, 0.25) is 0 Å². The van der Waals surface area contributed by atoms with Crippen LogP contribution in [0, 0.1) is 0 Å². The second-order valence-electron chi connectivity index (χ2n) is 3.43. The van der Waals surface area contributed by atoms with E-state index in [1.165, 1.54) is 5.30 Å². The van der Waals surface area contributed by atoms with Gasteiger partial charge in [-0.1, -0.05) is 29.7 Å². The van der Waals surface area contributed by atoms with E-state index in [2.05, 4.69) is 7.00 Å². The van der Waals surface area contributed by atoms with Crippen molar-refractivity contribution in [2.24, 2.45) is 0 Å². The van der Waals surface area contributed by atoms with E-state index in [1.807, 2.05) is 24.3 Å². The Labute approximate surface area is 96.9 Å². The van der Waals surface area contributed by atoms with E-state index in [1.54, 1.807) is 24.3 Å². The number of rotatable bonds is 3. The van der Waals surface area contributed by atoms with Gasteiger partial charge in [-0.2, -0.15) is 0 Å². The molecule has 1 unspecified atom stereocenters. The molecular formula is C12H11BO2P. The summed E-state index contributed by atoms with van der Waals surface area (Å²) in [6, 6.07) is 14.3. The van der Waals surface area contributed by atoms with Crippen LogP contribution in [0.5, 0.6) is 11.5 Å². The first kappa shape index (κ1) is 11.0. The van der Waals surface area contributed by atoms with E-state index in [9.17, 15) is 0 Å². The number of phenolic OH excluding ortho intramolecular Hbond substituents is 2. The summed E-state index contributed by atoms with van der Waals surface area (Å²) in [5.41, 5.74) is 1.09. The fourth-order valence-corrected chi connectivity index (χ4v) is 2.18. The fourth-order valence-electron chi connectivity index (χ4n) is 1.29. The van der Waals surface area contributed by atoms with Gasteiger partial charge in [0.1, 0.15) is 11.5 Å². The molecule has 0 amide bonds. The van der Waals surface area contributed by atoms with Gasteiger partial charge in [0.25, 0.3) is 0 Å². The van der Waals surface area contributed by atoms with Crippen LogP contribution in [0.15, 0.2) is 48.5 Å². The predicted octanol–water partition coefficient (Wildman–Crippen LogP) is 1.35. The SMILES string of the molecule is Oc1ccc([B]Pc2ccc(O)cc2)cc1. The molecule has 0 saturated carbocycles. The van der Waals surface area contributed by atoms with Crippen molar-refractivity contribution < 1.29 is 10.2 Å². The zero-order chi connectivity index (χ0) is 11.4. The molecule has 0 aliphatic rings. The maximum absolute atomic E-state index is 9.14. The van der Waals surface area contributed by atoms with Crippen LogP contribution < -0.4 is 10.8 Å². The summed E-state index contributed by atoms with van der Waals surface area (Å²) in [5.74, 6) is 0.573. The van der Waals surface area contributed by atoms with Crippen LogP contribution in [0.25, 0.3) is 0 Å². The molecule has 2 nitrogen and oxygen atoms in total. The van der Waals surface area contributed by atoms with Gasteiger partial charge in [-0.25, -0.2) is 0 Å². The lowest BCUT2D eigenvalue weighted by Gasteiger charge is -2.01. The van der Waals surface area contributed by atoms with E-state index in [0.717, 1.165) is 5.46 Å². The quantitative estimate of drug-likeness (QED) is 0.615. The molecule has 0 aromatic heterocycles. The number of hydrogen-bond donors (Lipinski definition) is 2. The van der Waals surface area contributed by atoms with Crippen LogP contribution in [-0.4, -0.2) is 17.2 Å². The van der Waals surface area contributed by atoms with Crippen LogP contribution in [0.1, 0.15) is 0 Å². The Bertz CT molecular complexity index is 408.